The fraction of sp³-hybridized carbons (Fsp3) is 0.0833. The van der Waals surface area contributed by atoms with Crippen LogP contribution in [-0.2, 0) is 4.79 Å². The van der Waals surface area contributed by atoms with Crippen LogP contribution in [0, 0.1) is 0 Å². The van der Waals surface area contributed by atoms with Gasteiger partial charge in [-0.05, 0) is 16.3 Å². The first-order valence-corrected chi connectivity index (χ1v) is 4.90. The van der Waals surface area contributed by atoms with Gasteiger partial charge in [0.25, 0.3) is 5.91 Å². The molecule has 16 heavy (non-hydrogen) atoms. The van der Waals surface area contributed by atoms with Crippen molar-refractivity contribution >= 4 is 16.7 Å². The summed E-state index contributed by atoms with van der Waals surface area (Å²) >= 11 is 0. The molecule has 0 aromatic heterocycles. The normalized spacial score (nSPS) is 12.4. The number of hydrogen-bond acceptors (Lipinski definition) is 3. The number of hydrogen-bond donors (Lipinski definition) is 3. The second-order valence-electron chi connectivity index (χ2n) is 3.48. The van der Waals surface area contributed by atoms with Gasteiger partial charge in [-0.2, -0.15) is 0 Å². The zero-order valence-corrected chi connectivity index (χ0v) is 8.55. The van der Waals surface area contributed by atoms with Gasteiger partial charge in [0, 0.05) is 0 Å². The smallest absolute Gasteiger partial charge is 0.267 e. The van der Waals surface area contributed by atoms with Crippen LogP contribution in [0.1, 0.15) is 11.7 Å². The highest BCUT2D eigenvalue weighted by molar-refractivity contribution is 5.91. The summed E-state index contributed by atoms with van der Waals surface area (Å²) in [5.41, 5.74) is 2.50. The zero-order valence-electron chi connectivity index (χ0n) is 8.55. The van der Waals surface area contributed by atoms with E-state index < -0.39 is 12.0 Å². The molecule has 0 fully saturated rings. The number of fused-ring (bicyclic) bond motifs is 1. The van der Waals surface area contributed by atoms with Crippen molar-refractivity contribution in [3.8, 4) is 0 Å². The van der Waals surface area contributed by atoms with Gasteiger partial charge in [-0.3, -0.25) is 10.2 Å². The lowest BCUT2D eigenvalue weighted by Crippen LogP contribution is -2.34. The largest absolute Gasteiger partial charge is 0.378 e. The van der Waals surface area contributed by atoms with E-state index in [0.29, 0.717) is 5.56 Å². The number of nitrogens with two attached hydrogens (primary N) is 1. The van der Waals surface area contributed by atoms with E-state index in [9.17, 15) is 9.90 Å². The average Bonchev–Trinajstić information content (AvgIpc) is 2.36. The molecule has 2 rings (SSSR count). The Hall–Kier alpha value is -1.91. The molecule has 0 aliphatic heterocycles. The quantitative estimate of drug-likeness (QED) is 0.396. The predicted molar refractivity (Wildman–Crippen MR) is 61.2 cm³/mol. The molecule has 1 amide bonds. The molecule has 4 N–H and O–H groups in total. The summed E-state index contributed by atoms with van der Waals surface area (Å²) in [5.74, 6) is 4.38. The van der Waals surface area contributed by atoms with Gasteiger partial charge in [-0.1, -0.05) is 42.5 Å². The van der Waals surface area contributed by atoms with Gasteiger partial charge in [-0.15, -0.1) is 0 Å². The monoisotopic (exact) mass is 216 g/mol. The van der Waals surface area contributed by atoms with Crippen molar-refractivity contribution in [3.05, 3.63) is 48.0 Å². The molecule has 0 bridgehead atoms. The van der Waals surface area contributed by atoms with Crippen molar-refractivity contribution in [1.29, 1.82) is 0 Å². The summed E-state index contributed by atoms with van der Waals surface area (Å²) in [5, 5.41) is 11.6. The van der Waals surface area contributed by atoms with Crippen LogP contribution in [0.4, 0.5) is 0 Å². The van der Waals surface area contributed by atoms with Crippen LogP contribution in [0.15, 0.2) is 42.5 Å². The maximum absolute atomic E-state index is 11.3. The molecule has 0 aliphatic carbocycles. The number of nitrogens with one attached hydrogen (secondary N) is 1. The first kappa shape index (κ1) is 10.6. The zero-order chi connectivity index (χ0) is 11.5. The van der Waals surface area contributed by atoms with Crippen LogP contribution in [-0.4, -0.2) is 11.0 Å². The Morgan fingerprint density at radius 3 is 2.62 bits per heavy atom. The van der Waals surface area contributed by atoms with Gasteiger partial charge in [0.05, 0.1) is 0 Å². The minimum atomic E-state index is -1.24. The maximum atomic E-state index is 11.3. The van der Waals surface area contributed by atoms with Crippen LogP contribution < -0.4 is 11.3 Å². The SMILES string of the molecule is NNC(=O)C(O)c1cccc2ccccc12. The predicted octanol–water partition coefficient (Wildman–Crippen LogP) is 0.863. The number of carbonyl (C=O) groups excluding carboxylic acids is 1. The number of rotatable bonds is 2. The standard InChI is InChI=1S/C12H12N2O2/c13-14-12(16)11(15)10-7-3-5-8-4-1-2-6-9(8)10/h1-7,11,15H,13H2,(H,14,16). The van der Waals surface area contributed by atoms with Crippen LogP contribution >= 0.6 is 0 Å². The number of aliphatic hydroxyl groups excluding tert-OH is 1. The maximum Gasteiger partial charge on any atom is 0.267 e. The molecule has 0 radical (unpaired) electrons. The molecule has 0 saturated heterocycles. The van der Waals surface area contributed by atoms with E-state index in [4.69, 9.17) is 5.84 Å². The Bertz CT molecular complexity index is 520. The van der Waals surface area contributed by atoms with Gasteiger partial charge in [0.15, 0.2) is 6.10 Å². The highest BCUT2D eigenvalue weighted by Crippen LogP contribution is 2.24. The summed E-state index contributed by atoms with van der Waals surface area (Å²) in [4.78, 5) is 11.3. The number of hydrazine groups is 1. The third-order valence-electron chi connectivity index (χ3n) is 2.51. The number of amides is 1. The highest BCUT2D eigenvalue weighted by Gasteiger charge is 2.17. The van der Waals surface area contributed by atoms with Gasteiger partial charge >= 0.3 is 0 Å². The molecule has 2 aromatic rings. The van der Waals surface area contributed by atoms with Crippen LogP contribution in [0.25, 0.3) is 10.8 Å². The summed E-state index contributed by atoms with van der Waals surface area (Å²) in [6.07, 6.45) is -1.24. The third kappa shape index (κ3) is 1.76. The first-order valence-electron chi connectivity index (χ1n) is 4.90. The van der Waals surface area contributed by atoms with E-state index in [2.05, 4.69) is 0 Å². The lowest BCUT2D eigenvalue weighted by atomic mass is 10.0. The van der Waals surface area contributed by atoms with Gasteiger partial charge in [0.2, 0.25) is 0 Å². The van der Waals surface area contributed by atoms with Crippen molar-refractivity contribution in [3.63, 3.8) is 0 Å². The fourth-order valence-corrected chi connectivity index (χ4v) is 1.71. The van der Waals surface area contributed by atoms with Crippen LogP contribution in [0.3, 0.4) is 0 Å². The van der Waals surface area contributed by atoms with E-state index in [1.807, 2.05) is 35.8 Å². The van der Waals surface area contributed by atoms with Crippen molar-refractivity contribution < 1.29 is 9.90 Å². The Kier molecular flexibility index (Phi) is 2.85. The Labute approximate surface area is 92.7 Å². The molecular formula is C12H12N2O2. The molecule has 0 aliphatic rings. The molecule has 0 saturated carbocycles. The van der Waals surface area contributed by atoms with Crippen LogP contribution in [0.2, 0.25) is 0 Å². The van der Waals surface area contributed by atoms with E-state index in [1.54, 1.807) is 12.1 Å². The van der Waals surface area contributed by atoms with Gasteiger partial charge < -0.3 is 5.11 Å². The van der Waals surface area contributed by atoms with E-state index in [-0.39, 0.29) is 0 Å². The molecule has 2 aromatic carbocycles. The minimum absolute atomic E-state index is 0.557. The molecule has 0 spiro atoms. The molecule has 82 valence electrons. The molecular weight excluding hydrogens is 204 g/mol. The molecule has 4 nitrogen and oxygen atoms in total. The van der Waals surface area contributed by atoms with E-state index in [0.717, 1.165) is 10.8 Å². The number of aliphatic hydroxyl groups is 1. The Morgan fingerprint density at radius 1 is 1.19 bits per heavy atom. The summed E-state index contributed by atoms with van der Waals surface area (Å²) in [6.45, 7) is 0. The van der Waals surface area contributed by atoms with E-state index in [1.165, 1.54) is 0 Å². The first-order chi connectivity index (χ1) is 7.74. The topological polar surface area (TPSA) is 75.3 Å². The molecule has 1 atom stereocenters. The lowest BCUT2D eigenvalue weighted by molar-refractivity contribution is -0.129. The summed E-state index contributed by atoms with van der Waals surface area (Å²) in [7, 11) is 0. The molecule has 0 heterocycles. The lowest BCUT2D eigenvalue weighted by Gasteiger charge is -2.11. The van der Waals surface area contributed by atoms with Crippen molar-refractivity contribution in [2.45, 2.75) is 6.10 Å². The number of carbonyl (C=O) groups is 1. The Balaban J connectivity index is 2.56. The van der Waals surface area contributed by atoms with Crippen molar-refractivity contribution in [1.82, 2.24) is 5.43 Å². The van der Waals surface area contributed by atoms with Crippen molar-refractivity contribution in [2.24, 2.45) is 5.84 Å². The minimum Gasteiger partial charge on any atom is -0.378 e. The molecule has 4 heteroatoms. The average molecular weight is 216 g/mol. The number of benzene rings is 2. The summed E-state index contributed by atoms with van der Waals surface area (Å²) < 4.78 is 0. The summed E-state index contributed by atoms with van der Waals surface area (Å²) in [6, 6.07) is 13.0. The highest BCUT2D eigenvalue weighted by atomic mass is 16.3. The van der Waals surface area contributed by atoms with Crippen LogP contribution in [0.5, 0.6) is 0 Å². The third-order valence-corrected chi connectivity index (χ3v) is 2.51. The second kappa shape index (κ2) is 4.30. The van der Waals surface area contributed by atoms with Gasteiger partial charge in [-0.25, -0.2) is 5.84 Å². The van der Waals surface area contributed by atoms with Crippen molar-refractivity contribution in [2.75, 3.05) is 0 Å². The van der Waals surface area contributed by atoms with E-state index >= 15 is 0 Å². The van der Waals surface area contributed by atoms with Gasteiger partial charge in [0.1, 0.15) is 0 Å². The fourth-order valence-electron chi connectivity index (χ4n) is 1.71. The molecule has 1 unspecified atom stereocenters. The Morgan fingerprint density at radius 2 is 1.88 bits per heavy atom. The second-order valence-corrected chi connectivity index (χ2v) is 3.48.